The van der Waals surface area contributed by atoms with Crippen molar-refractivity contribution in [3.05, 3.63) is 35.4 Å². The van der Waals surface area contributed by atoms with Crippen LogP contribution in [0.5, 0.6) is 0 Å². The van der Waals surface area contributed by atoms with Gasteiger partial charge in [-0.2, -0.15) is 0 Å². The molecule has 0 radical (unpaired) electrons. The van der Waals surface area contributed by atoms with E-state index in [0.29, 0.717) is 12.1 Å². The van der Waals surface area contributed by atoms with Crippen LogP contribution in [0.3, 0.4) is 0 Å². The average molecular weight is 347 g/mol. The third-order valence-electron chi connectivity index (χ3n) is 3.75. The summed E-state index contributed by atoms with van der Waals surface area (Å²) in [6.07, 6.45) is 3.33. The summed E-state index contributed by atoms with van der Waals surface area (Å²) >= 11 is 0. The van der Waals surface area contributed by atoms with Crippen molar-refractivity contribution < 1.29 is 9.59 Å². The van der Waals surface area contributed by atoms with E-state index in [9.17, 15) is 9.59 Å². The fourth-order valence-corrected chi connectivity index (χ4v) is 2.20. The summed E-state index contributed by atoms with van der Waals surface area (Å²) in [5.74, 6) is -0.421. The molecule has 0 fully saturated rings. The molecule has 0 spiro atoms. The van der Waals surface area contributed by atoms with Crippen molar-refractivity contribution in [1.82, 2.24) is 16.0 Å². The quantitative estimate of drug-likeness (QED) is 0.232. The molecule has 1 aromatic rings. The Bertz CT molecular complexity index is 571. The predicted octanol–water partition coefficient (Wildman–Crippen LogP) is 0.871. The highest BCUT2D eigenvalue weighted by Gasteiger charge is 2.14. The minimum absolute atomic E-state index is 0.00947. The van der Waals surface area contributed by atoms with Crippen LogP contribution in [-0.4, -0.2) is 36.8 Å². The van der Waals surface area contributed by atoms with Gasteiger partial charge in [-0.1, -0.05) is 44.0 Å². The highest BCUT2D eigenvalue weighted by molar-refractivity contribution is 5.94. The summed E-state index contributed by atoms with van der Waals surface area (Å²) in [5, 5.41) is 15.9. The second-order valence-electron chi connectivity index (χ2n) is 6.00. The van der Waals surface area contributed by atoms with Gasteiger partial charge in [0.15, 0.2) is 0 Å². The largest absolute Gasteiger partial charge is 0.384 e. The van der Waals surface area contributed by atoms with Gasteiger partial charge in [-0.05, 0) is 25.5 Å². The number of unbranched alkanes of at least 4 members (excludes halogenated alkanes) is 2. The number of nitrogen functional groups attached to an aromatic ring is 1. The van der Waals surface area contributed by atoms with Crippen molar-refractivity contribution in [2.24, 2.45) is 5.73 Å². The molecule has 7 heteroatoms. The summed E-state index contributed by atoms with van der Waals surface area (Å²) in [4.78, 5) is 23.8. The Hall–Kier alpha value is -2.41. The van der Waals surface area contributed by atoms with Crippen LogP contribution >= 0.6 is 0 Å². The first-order chi connectivity index (χ1) is 11.9. The topological polar surface area (TPSA) is 120 Å². The Labute approximate surface area is 149 Å². The third-order valence-corrected chi connectivity index (χ3v) is 3.75. The van der Waals surface area contributed by atoms with Crippen molar-refractivity contribution in [2.75, 3.05) is 13.1 Å². The minimum Gasteiger partial charge on any atom is -0.384 e. The van der Waals surface area contributed by atoms with Crippen molar-refractivity contribution in [1.29, 1.82) is 5.41 Å². The van der Waals surface area contributed by atoms with E-state index in [1.807, 2.05) is 0 Å². The van der Waals surface area contributed by atoms with E-state index in [1.54, 1.807) is 31.2 Å². The maximum atomic E-state index is 12.0. The molecule has 1 unspecified atom stereocenters. The van der Waals surface area contributed by atoms with Crippen molar-refractivity contribution in [3.63, 3.8) is 0 Å². The number of hydrogen-bond donors (Lipinski definition) is 5. The van der Waals surface area contributed by atoms with Gasteiger partial charge in [0.25, 0.3) is 0 Å². The number of nitrogens with two attached hydrogens (primary N) is 1. The molecule has 0 bridgehead atoms. The van der Waals surface area contributed by atoms with Crippen molar-refractivity contribution in [3.8, 4) is 0 Å². The van der Waals surface area contributed by atoms with Gasteiger partial charge in [0.1, 0.15) is 11.9 Å². The van der Waals surface area contributed by atoms with Crippen LogP contribution in [0, 0.1) is 5.41 Å². The van der Waals surface area contributed by atoms with Gasteiger partial charge in [-0.15, -0.1) is 0 Å². The summed E-state index contributed by atoms with van der Waals surface area (Å²) in [6.45, 7) is 5.16. The normalized spacial score (nSPS) is 11.6. The van der Waals surface area contributed by atoms with E-state index in [1.165, 1.54) is 0 Å². The number of nitrogens with one attached hydrogen (secondary N) is 4. The molecule has 6 N–H and O–H groups in total. The lowest BCUT2D eigenvalue weighted by molar-refractivity contribution is -0.128. The molecule has 0 aliphatic heterocycles. The first-order valence-corrected chi connectivity index (χ1v) is 8.65. The van der Waals surface area contributed by atoms with Crippen LogP contribution in [0.25, 0.3) is 0 Å². The van der Waals surface area contributed by atoms with Gasteiger partial charge in [0.05, 0.1) is 6.54 Å². The second-order valence-corrected chi connectivity index (χ2v) is 6.00. The molecule has 0 aromatic heterocycles. The van der Waals surface area contributed by atoms with Crippen molar-refractivity contribution >= 4 is 17.6 Å². The summed E-state index contributed by atoms with van der Waals surface area (Å²) in [5.41, 5.74) is 6.94. The van der Waals surface area contributed by atoms with Crippen LogP contribution in [0.4, 0.5) is 0 Å². The average Bonchev–Trinajstić information content (AvgIpc) is 2.59. The molecule has 7 nitrogen and oxygen atoms in total. The van der Waals surface area contributed by atoms with Gasteiger partial charge in [0.2, 0.25) is 11.8 Å². The summed E-state index contributed by atoms with van der Waals surface area (Å²) in [6, 6.07) is 6.49. The maximum Gasteiger partial charge on any atom is 0.242 e. The molecule has 2 amide bonds. The molecule has 1 aromatic carbocycles. The summed E-state index contributed by atoms with van der Waals surface area (Å²) < 4.78 is 0. The van der Waals surface area contributed by atoms with E-state index in [-0.39, 0.29) is 24.2 Å². The number of carbonyl (C=O) groups is 2. The molecule has 1 atom stereocenters. The Morgan fingerprint density at radius 1 is 1.20 bits per heavy atom. The number of rotatable bonds is 11. The Kier molecular flexibility index (Phi) is 9.24. The zero-order valence-corrected chi connectivity index (χ0v) is 15.0. The molecule has 0 saturated carbocycles. The Balaban J connectivity index is 2.29. The second kappa shape index (κ2) is 11.2. The molecule has 0 saturated heterocycles. The van der Waals surface area contributed by atoms with E-state index in [4.69, 9.17) is 11.1 Å². The minimum atomic E-state index is -0.596. The number of carbonyl (C=O) groups excluding carboxylic acids is 2. The van der Waals surface area contributed by atoms with Gasteiger partial charge >= 0.3 is 0 Å². The van der Waals surface area contributed by atoms with Gasteiger partial charge in [0, 0.05) is 12.1 Å². The van der Waals surface area contributed by atoms with E-state index < -0.39 is 6.04 Å². The van der Waals surface area contributed by atoms with Crippen LogP contribution in [0.1, 0.15) is 44.2 Å². The number of benzene rings is 1. The van der Waals surface area contributed by atoms with E-state index in [2.05, 4.69) is 22.9 Å². The molecule has 0 heterocycles. The van der Waals surface area contributed by atoms with Crippen LogP contribution in [0.15, 0.2) is 24.3 Å². The number of amides is 2. The zero-order chi connectivity index (χ0) is 18.7. The van der Waals surface area contributed by atoms with E-state index in [0.717, 1.165) is 31.4 Å². The maximum absolute atomic E-state index is 12.0. The number of hydrogen-bond acceptors (Lipinski definition) is 4. The molecule has 1 rings (SSSR count). The van der Waals surface area contributed by atoms with Crippen molar-refractivity contribution in [2.45, 2.75) is 45.7 Å². The third kappa shape index (κ3) is 8.30. The highest BCUT2D eigenvalue weighted by atomic mass is 16.2. The zero-order valence-electron chi connectivity index (χ0n) is 15.0. The number of amidine groups is 1. The molecular weight excluding hydrogens is 318 g/mol. The Morgan fingerprint density at radius 2 is 1.88 bits per heavy atom. The van der Waals surface area contributed by atoms with Gasteiger partial charge in [-0.25, -0.2) is 0 Å². The fourth-order valence-electron chi connectivity index (χ4n) is 2.20. The van der Waals surface area contributed by atoms with Crippen LogP contribution in [-0.2, 0) is 16.1 Å². The lowest BCUT2D eigenvalue weighted by Crippen LogP contribution is -2.47. The van der Waals surface area contributed by atoms with Crippen LogP contribution in [0.2, 0.25) is 0 Å². The standard InChI is InChI=1S/C18H29N5O2/c1-3-4-5-10-21-12-16(24)23-13(2)18(25)22-11-14-6-8-15(9-7-14)17(19)20/h6-9,13,21H,3-5,10-12H2,1-2H3,(H3,19,20)(H,22,25)(H,23,24). The first-order valence-electron chi connectivity index (χ1n) is 8.65. The molecule has 25 heavy (non-hydrogen) atoms. The monoisotopic (exact) mass is 347 g/mol. The smallest absolute Gasteiger partial charge is 0.242 e. The van der Waals surface area contributed by atoms with Gasteiger partial charge in [-0.3, -0.25) is 15.0 Å². The van der Waals surface area contributed by atoms with E-state index >= 15 is 0 Å². The molecule has 0 aliphatic carbocycles. The fraction of sp³-hybridized carbons (Fsp3) is 0.500. The lowest BCUT2D eigenvalue weighted by atomic mass is 10.1. The molecule has 0 aliphatic rings. The first kappa shape index (κ1) is 20.6. The predicted molar refractivity (Wildman–Crippen MR) is 99.3 cm³/mol. The summed E-state index contributed by atoms with van der Waals surface area (Å²) in [7, 11) is 0. The lowest BCUT2D eigenvalue weighted by Gasteiger charge is -2.14. The van der Waals surface area contributed by atoms with Crippen LogP contribution < -0.4 is 21.7 Å². The molecule has 138 valence electrons. The molecular formula is C18H29N5O2. The SMILES string of the molecule is CCCCCNCC(=O)NC(C)C(=O)NCc1ccc(C(=N)N)cc1. The van der Waals surface area contributed by atoms with Gasteiger partial charge < -0.3 is 21.7 Å². The highest BCUT2D eigenvalue weighted by Crippen LogP contribution is 2.03. The Morgan fingerprint density at radius 3 is 2.48 bits per heavy atom.